The highest BCUT2D eigenvalue weighted by Gasteiger charge is 2.36. The van der Waals surface area contributed by atoms with E-state index < -0.39 is 0 Å². The lowest BCUT2D eigenvalue weighted by molar-refractivity contribution is 0.0732. The van der Waals surface area contributed by atoms with Gasteiger partial charge in [0.25, 0.3) is 0 Å². The molecule has 1 heterocycles. The Bertz CT molecular complexity index is 374. The van der Waals surface area contributed by atoms with Gasteiger partial charge in [-0.2, -0.15) is 0 Å². The number of piperidine rings is 1. The first kappa shape index (κ1) is 19.5. The van der Waals surface area contributed by atoms with Crippen LogP contribution in [0.5, 0.6) is 0 Å². The molecule has 2 aliphatic rings. The van der Waals surface area contributed by atoms with Crippen LogP contribution >= 0.6 is 0 Å². The summed E-state index contributed by atoms with van der Waals surface area (Å²) in [6.45, 7) is 8.92. The fourth-order valence-corrected chi connectivity index (χ4v) is 3.99. The molecule has 2 N–H and O–H groups in total. The highest BCUT2D eigenvalue weighted by atomic mass is 16.5. The van der Waals surface area contributed by atoms with Crippen molar-refractivity contribution in [3.63, 3.8) is 0 Å². The number of guanidine groups is 1. The van der Waals surface area contributed by atoms with Gasteiger partial charge in [0.1, 0.15) is 0 Å². The molecule has 2 rings (SSSR count). The minimum atomic E-state index is 0.431. The maximum atomic E-state index is 5.28. The monoisotopic (exact) mass is 338 g/mol. The zero-order valence-corrected chi connectivity index (χ0v) is 16.1. The highest BCUT2D eigenvalue weighted by molar-refractivity contribution is 5.79. The van der Waals surface area contributed by atoms with Crippen LogP contribution in [0, 0.1) is 11.3 Å². The van der Waals surface area contributed by atoms with Crippen molar-refractivity contribution in [3.05, 3.63) is 0 Å². The van der Waals surface area contributed by atoms with E-state index in [1.54, 1.807) is 7.11 Å². The number of nitrogens with zero attached hydrogens (tertiary/aromatic N) is 2. The van der Waals surface area contributed by atoms with Crippen LogP contribution in [0.1, 0.15) is 51.9 Å². The lowest BCUT2D eigenvalue weighted by Crippen LogP contribution is -2.47. The Morgan fingerprint density at radius 1 is 1.25 bits per heavy atom. The van der Waals surface area contributed by atoms with Gasteiger partial charge in [0.15, 0.2) is 5.96 Å². The van der Waals surface area contributed by atoms with Gasteiger partial charge in [-0.25, -0.2) is 0 Å². The molecule has 2 fully saturated rings. The second-order valence-electron chi connectivity index (χ2n) is 7.62. The lowest BCUT2D eigenvalue weighted by Gasteiger charge is -2.42. The van der Waals surface area contributed by atoms with E-state index in [0.717, 1.165) is 38.0 Å². The number of methoxy groups -OCH3 is 1. The summed E-state index contributed by atoms with van der Waals surface area (Å²) in [5.41, 5.74) is 0.431. The molecule has 0 aromatic heterocycles. The Morgan fingerprint density at radius 3 is 2.54 bits per heavy atom. The highest BCUT2D eigenvalue weighted by Crippen LogP contribution is 2.43. The van der Waals surface area contributed by atoms with Crippen molar-refractivity contribution >= 4 is 5.96 Å². The third-order valence-electron chi connectivity index (χ3n) is 6.10. The van der Waals surface area contributed by atoms with Crippen molar-refractivity contribution < 1.29 is 4.74 Å². The molecular formula is C19H38N4O. The molecule has 140 valence electrons. The summed E-state index contributed by atoms with van der Waals surface area (Å²) in [7, 11) is 3.67. The molecule has 0 unspecified atom stereocenters. The van der Waals surface area contributed by atoms with Gasteiger partial charge in [-0.15, -0.1) is 0 Å². The number of hydrogen-bond acceptors (Lipinski definition) is 3. The Balaban J connectivity index is 1.62. The summed E-state index contributed by atoms with van der Waals surface area (Å²) in [4.78, 5) is 6.95. The molecule has 0 aromatic rings. The maximum absolute atomic E-state index is 5.28. The molecule has 0 bridgehead atoms. The molecule has 0 atom stereocenters. The van der Waals surface area contributed by atoms with Crippen LogP contribution in [0.25, 0.3) is 0 Å². The minimum absolute atomic E-state index is 0.431. The first-order chi connectivity index (χ1) is 11.7. The molecule has 5 heteroatoms. The number of hydrogen-bond donors (Lipinski definition) is 2. The Kier molecular flexibility index (Phi) is 8.33. The number of nitrogens with one attached hydrogen (secondary N) is 2. The number of rotatable bonds is 9. The summed E-state index contributed by atoms with van der Waals surface area (Å²) in [6, 6.07) is 0. The Morgan fingerprint density at radius 2 is 2.00 bits per heavy atom. The van der Waals surface area contributed by atoms with E-state index in [2.05, 4.69) is 27.4 Å². The number of likely N-dealkylation sites (tertiary alicyclic amines) is 1. The third kappa shape index (κ3) is 5.92. The second-order valence-corrected chi connectivity index (χ2v) is 7.62. The second kappa shape index (κ2) is 10.2. The zero-order chi connectivity index (χ0) is 17.3. The van der Waals surface area contributed by atoms with E-state index in [1.807, 2.05) is 7.05 Å². The van der Waals surface area contributed by atoms with E-state index in [0.29, 0.717) is 5.41 Å². The van der Waals surface area contributed by atoms with Gasteiger partial charge >= 0.3 is 0 Å². The summed E-state index contributed by atoms with van der Waals surface area (Å²) in [5.74, 6) is 1.84. The summed E-state index contributed by atoms with van der Waals surface area (Å²) in [6.07, 6.45) is 9.10. The van der Waals surface area contributed by atoms with E-state index in [1.165, 1.54) is 58.2 Å². The molecule has 1 aliphatic carbocycles. The first-order valence-electron chi connectivity index (χ1n) is 9.87. The van der Waals surface area contributed by atoms with Crippen LogP contribution in [-0.4, -0.2) is 64.3 Å². The lowest BCUT2D eigenvalue weighted by atomic mass is 9.67. The molecule has 0 radical (unpaired) electrons. The van der Waals surface area contributed by atoms with Crippen molar-refractivity contribution in [1.29, 1.82) is 0 Å². The standard InChI is InChI=1S/C19H38N4O/c1-4-23-13-7-17(8-14-23)6-12-21-18(20-2)22-16-19(9-5-10-19)11-15-24-3/h17H,4-16H2,1-3H3,(H2,20,21,22). The summed E-state index contributed by atoms with van der Waals surface area (Å²) >= 11 is 0. The average Bonchev–Trinajstić information content (AvgIpc) is 2.59. The van der Waals surface area contributed by atoms with Crippen molar-refractivity contribution in [1.82, 2.24) is 15.5 Å². The van der Waals surface area contributed by atoms with Crippen molar-refractivity contribution in [2.75, 3.05) is 53.5 Å². The fourth-order valence-electron chi connectivity index (χ4n) is 3.99. The predicted octanol–water partition coefficient (Wildman–Crippen LogP) is 2.48. The van der Waals surface area contributed by atoms with Gasteiger partial charge in [-0.1, -0.05) is 13.3 Å². The van der Waals surface area contributed by atoms with Gasteiger partial charge in [0, 0.05) is 33.9 Å². The van der Waals surface area contributed by atoms with Crippen LogP contribution in [-0.2, 0) is 4.74 Å². The van der Waals surface area contributed by atoms with E-state index >= 15 is 0 Å². The predicted molar refractivity (Wildman–Crippen MR) is 102 cm³/mol. The molecule has 0 amide bonds. The zero-order valence-electron chi connectivity index (χ0n) is 16.1. The normalized spacial score (nSPS) is 22.2. The largest absolute Gasteiger partial charge is 0.385 e. The van der Waals surface area contributed by atoms with Crippen molar-refractivity contribution in [2.24, 2.45) is 16.3 Å². The molecule has 1 saturated heterocycles. The van der Waals surface area contributed by atoms with Crippen LogP contribution in [0.2, 0.25) is 0 Å². The van der Waals surface area contributed by atoms with Gasteiger partial charge in [0.05, 0.1) is 0 Å². The van der Waals surface area contributed by atoms with Crippen LogP contribution in [0.4, 0.5) is 0 Å². The van der Waals surface area contributed by atoms with Gasteiger partial charge in [0.2, 0.25) is 0 Å². The van der Waals surface area contributed by atoms with E-state index in [-0.39, 0.29) is 0 Å². The number of aliphatic imine (C=N–C) groups is 1. The van der Waals surface area contributed by atoms with Crippen LogP contribution < -0.4 is 10.6 Å². The fraction of sp³-hybridized carbons (Fsp3) is 0.947. The smallest absolute Gasteiger partial charge is 0.190 e. The van der Waals surface area contributed by atoms with Crippen LogP contribution in [0.3, 0.4) is 0 Å². The van der Waals surface area contributed by atoms with Gasteiger partial charge in [-0.3, -0.25) is 4.99 Å². The van der Waals surface area contributed by atoms with Crippen LogP contribution in [0.15, 0.2) is 4.99 Å². The van der Waals surface area contributed by atoms with E-state index in [4.69, 9.17) is 4.74 Å². The van der Waals surface area contributed by atoms with Gasteiger partial charge < -0.3 is 20.3 Å². The molecule has 1 aliphatic heterocycles. The van der Waals surface area contributed by atoms with E-state index in [9.17, 15) is 0 Å². The SMILES string of the molecule is CCN1CCC(CCNC(=NC)NCC2(CCOC)CCC2)CC1. The number of ether oxygens (including phenoxy) is 1. The molecule has 0 aromatic carbocycles. The molecular weight excluding hydrogens is 300 g/mol. The van der Waals surface area contributed by atoms with Crippen molar-refractivity contribution in [2.45, 2.75) is 51.9 Å². The quantitative estimate of drug-likeness (QED) is 0.501. The van der Waals surface area contributed by atoms with Gasteiger partial charge in [-0.05, 0) is 69.5 Å². The minimum Gasteiger partial charge on any atom is -0.385 e. The molecule has 24 heavy (non-hydrogen) atoms. The Labute approximate surface area is 148 Å². The molecule has 5 nitrogen and oxygen atoms in total. The Hall–Kier alpha value is -0.810. The van der Waals surface area contributed by atoms with Crippen molar-refractivity contribution in [3.8, 4) is 0 Å². The topological polar surface area (TPSA) is 48.9 Å². The third-order valence-corrected chi connectivity index (χ3v) is 6.10. The molecule has 0 spiro atoms. The summed E-state index contributed by atoms with van der Waals surface area (Å²) in [5, 5.41) is 7.06. The maximum Gasteiger partial charge on any atom is 0.190 e. The molecule has 1 saturated carbocycles. The summed E-state index contributed by atoms with van der Waals surface area (Å²) < 4.78 is 5.28. The average molecular weight is 339 g/mol. The first-order valence-corrected chi connectivity index (χ1v) is 9.87.